The minimum Gasteiger partial charge on any atom is -0.304 e. The van der Waals surface area contributed by atoms with Crippen LogP contribution < -0.4 is 0 Å². The van der Waals surface area contributed by atoms with Crippen LogP contribution in [0.3, 0.4) is 0 Å². The molecule has 0 aliphatic rings. The Morgan fingerprint density at radius 3 is 0.565 bits per heavy atom. The van der Waals surface area contributed by atoms with Gasteiger partial charge in [-0.05, 0) is 187 Å². The van der Waals surface area contributed by atoms with Crippen molar-refractivity contribution in [3.8, 4) is 135 Å². The van der Waals surface area contributed by atoms with E-state index in [4.69, 9.17) is 24.7 Å². The van der Waals surface area contributed by atoms with Crippen LogP contribution in [0.1, 0.15) is 103 Å². The summed E-state index contributed by atoms with van der Waals surface area (Å²) in [5.41, 5.74) is 31.9. The predicted molar refractivity (Wildman–Crippen MR) is 556 cm³/mol. The number of hydrogen-bond donors (Lipinski definition) is 0. The van der Waals surface area contributed by atoms with Gasteiger partial charge in [-0.25, -0.2) is 0 Å². The predicted octanol–water partition coefficient (Wildman–Crippen LogP) is 31.4. The van der Waals surface area contributed by atoms with Crippen molar-refractivity contribution in [2.45, 2.75) is 96.5 Å². The monoisotopic (exact) mass is 2520 g/mol. The average Bonchev–Trinajstić information content (AvgIpc) is 0.812. The molecule has 0 fully saturated rings. The van der Waals surface area contributed by atoms with Crippen LogP contribution in [0.15, 0.2) is 401 Å². The van der Waals surface area contributed by atoms with E-state index < -0.39 is 41.1 Å². The minimum absolute atomic E-state index is 0. The second kappa shape index (κ2) is 55.6. The molecule has 20 rings (SSSR count). The Hall–Kier alpha value is -13.6. The summed E-state index contributed by atoms with van der Waals surface area (Å²) >= 11 is 0. The maximum atomic E-state index is 7.50. The van der Waals surface area contributed by atoms with Gasteiger partial charge < -0.3 is 39.9 Å². The fourth-order valence-corrected chi connectivity index (χ4v) is 13.3. The fourth-order valence-electron chi connectivity index (χ4n) is 13.3. The van der Waals surface area contributed by atoms with Crippen molar-refractivity contribution in [3.05, 3.63) is 528 Å². The van der Waals surface area contributed by atoms with Crippen LogP contribution in [0.5, 0.6) is 0 Å². The summed E-state index contributed by atoms with van der Waals surface area (Å²) in [4.78, 5) is 34.2. The molecule has 0 aliphatic carbocycles. The first kappa shape index (κ1) is 83.8. The first-order chi connectivity index (χ1) is 72.5. The van der Waals surface area contributed by atoms with Crippen molar-refractivity contribution in [1.82, 2.24) is 39.9 Å². The Labute approximate surface area is 897 Å². The summed E-state index contributed by atoms with van der Waals surface area (Å²) in [6.07, 6.45) is 12.4. The topological polar surface area (TPSA) is 103 Å². The Morgan fingerprint density at radius 1 is 0.167 bits per heavy atom. The molecule has 0 saturated carbocycles. The van der Waals surface area contributed by atoms with Gasteiger partial charge in [0.25, 0.3) is 0 Å². The van der Waals surface area contributed by atoms with Crippen molar-refractivity contribution < 1.29 is 105 Å². The zero-order chi connectivity index (χ0) is 109. The van der Waals surface area contributed by atoms with Crippen LogP contribution in [-0.2, 0) is 80.4 Å². The van der Waals surface area contributed by atoms with Gasteiger partial charge >= 0.3 is 0 Å². The van der Waals surface area contributed by atoms with Crippen LogP contribution in [0, 0.1) is 145 Å². The molecule has 8 heterocycles. The van der Waals surface area contributed by atoms with Crippen LogP contribution in [-0.4, -0.2) is 39.9 Å². The largest absolute Gasteiger partial charge is 0.304 e. The summed E-state index contributed by atoms with van der Waals surface area (Å²) in [6.45, 7) is 2.52. The maximum Gasteiger partial charge on any atom is 0.0280 e. The molecule has 0 bridgehead atoms. The van der Waals surface area contributed by atoms with E-state index in [2.05, 4.69) is 175 Å². The van der Waals surface area contributed by atoms with Gasteiger partial charge in [0.2, 0.25) is 0 Å². The molecule has 696 valence electrons. The molecule has 0 saturated heterocycles. The minimum atomic E-state index is -2.13. The number of benzene rings is 12. The number of hydrogen-bond acceptors (Lipinski definition) is 8. The third kappa shape index (κ3) is 32.3. The van der Waals surface area contributed by atoms with Crippen molar-refractivity contribution >= 4 is 0 Å². The van der Waals surface area contributed by atoms with Crippen LogP contribution in [0.25, 0.3) is 135 Å². The van der Waals surface area contributed by atoms with E-state index >= 15 is 0 Å². The van der Waals surface area contributed by atoms with E-state index in [9.17, 15) is 0 Å². The van der Waals surface area contributed by atoms with Crippen LogP contribution in [0.4, 0.5) is 0 Å². The van der Waals surface area contributed by atoms with E-state index in [1.807, 2.05) is 256 Å². The Kier molecular flexibility index (Phi) is 33.8. The van der Waals surface area contributed by atoms with E-state index in [1.165, 1.54) is 76.1 Å². The number of pyridine rings is 8. The molecule has 12 heteroatoms. The molecule has 12 aromatic carbocycles. The first-order valence-electron chi connectivity index (χ1n) is 52.4. The standard InChI is InChI=1S/2C19H16N.2C18H14N.4C13H12N.4Ir/c2*1-14-12-19(20-13-15(14)2)18-10-8-17(9-11-18)16-6-4-3-5-7-16;2*1-14-7-12-18(19-13-14)17-10-8-16(9-11-17)15-5-3-2-4-6-15;4*1-10-8-13(14-9-11(10)2)12-6-4-3-5-7-12;;;;/h2*3-10,12-13H,1-2H3;2*2-10,12-13H,1H3;4*3-6,8-9H,1-2H3;;;;/q8*-1;;;;/i2D3;;1D3;;4*2D3;;;;. The molecule has 0 amide bonds. The molecule has 138 heavy (non-hydrogen) atoms. The third-order valence-electron chi connectivity index (χ3n) is 21.3. The smallest absolute Gasteiger partial charge is 0.0280 e. The molecule has 0 N–H and O–H groups in total. The third-order valence-corrected chi connectivity index (χ3v) is 21.3. The number of nitrogens with zero attached hydrogens (tertiary/aromatic N) is 8. The molecule has 4 radical (unpaired) electrons. The van der Waals surface area contributed by atoms with Crippen molar-refractivity contribution in [2.75, 3.05) is 0 Å². The molecule has 0 aliphatic heterocycles. The molecular weight excluding hydrogens is 2390 g/mol. The quantitative estimate of drug-likeness (QED) is 0.111. The van der Waals surface area contributed by atoms with E-state index in [-0.39, 0.29) is 86.0 Å². The van der Waals surface area contributed by atoms with Crippen molar-refractivity contribution in [1.29, 1.82) is 0 Å². The summed E-state index contributed by atoms with van der Waals surface area (Å²) in [6, 6.07) is 139. The molecule has 0 unspecified atom stereocenters. The number of rotatable bonds is 12. The maximum absolute atomic E-state index is 7.50. The van der Waals surface area contributed by atoms with Gasteiger partial charge in [-0.15, -0.1) is 263 Å². The summed E-state index contributed by atoms with van der Waals surface area (Å²) < 4.78 is 133. The van der Waals surface area contributed by atoms with E-state index in [1.54, 1.807) is 77.1 Å². The van der Waals surface area contributed by atoms with Gasteiger partial charge in [-0.2, -0.15) is 0 Å². The normalized spacial score (nSPS) is 12.5. The molecular formula is C126H108Ir4N8-8. The van der Waals surface area contributed by atoms with E-state index in [0.29, 0.717) is 33.5 Å². The first-order valence-corrected chi connectivity index (χ1v) is 43.4. The van der Waals surface area contributed by atoms with Gasteiger partial charge in [0, 0.05) is 155 Å². The van der Waals surface area contributed by atoms with Gasteiger partial charge in [-0.3, -0.25) is 0 Å². The van der Waals surface area contributed by atoms with E-state index in [0.717, 1.165) is 134 Å². The number of aromatic nitrogens is 8. The van der Waals surface area contributed by atoms with Crippen molar-refractivity contribution in [2.24, 2.45) is 0 Å². The average molecular weight is 2520 g/mol. The molecule has 20 aromatic rings. The second-order valence-corrected chi connectivity index (χ2v) is 31.3. The molecule has 0 spiro atoms. The summed E-state index contributed by atoms with van der Waals surface area (Å²) in [5.74, 6) is 0. The van der Waals surface area contributed by atoms with Crippen LogP contribution in [0.2, 0.25) is 0 Å². The Bertz CT molecular complexity index is 7400. The fraction of sp³-hybridized carbons (Fsp3) is 0.111. The van der Waals surface area contributed by atoms with Crippen molar-refractivity contribution in [3.63, 3.8) is 0 Å². The molecule has 8 nitrogen and oxygen atoms in total. The van der Waals surface area contributed by atoms with Gasteiger partial charge in [0.15, 0.2) is 0 Å². The van der Waals surface area contributed by atoms with Gasteiger partial charge in [0.1, 0.15) is 0 Å². The zero-order valence-electron chi connectivity index (χ0n) is 95.0. The zero-order valence-corrected chi connectivity index (χ0v) is 86.6. The Balaban J connectivity index is 0.000000197. The summed E-state index contributed by atoms with van der Waals surface area (Å²) in [7, 11) is 0. The Morgan fingerprint density at radius 2 is 0.377 bits per heavy atom. The van der Waals surface area contributed by atoms with Crippen LogP contribution >= 0.6 is 0 Å². The molecule has 0 atom stereocenters. The van der Waals surface area contributed by atoms with Gasteiger partial charge in [-0.1, -0.05) is 260 Å². The summed E-state index contributed by atoms with van der Waals surface area (Å²) in [5, 5.41) is 0. The van der Waals surface area contributed by atoms with Gasteiger partial charge in [0.05, 0.1) is 0 Å². The molecule has 8 aromatic heterocycles. The number of aryl methyl sites for hydroxylation is 14. The second-order valence-electron chi connectivity index (χ2n) is 31.3. The SMILES string of the molecule is Cc1ccc(-c2[c-]cc(-c3ccccc3)cc2)nc1.Cc1cnc(-c2[c-]cc(-c3ccccc3)cc2)cc1C.[2H]C([2H])([2H])c1ccc(-c2[c-]cc(-c3ccccc3)cc2)nc1.[2H]C([2H])([2H])c1cnc(-c2[c-]cc(-c3ccccc3)cc2)cc1C.[2H]C([2H])([2H])c1cnc(-c2[c-]cccc2)cc1C.[2H]C([2H])([2H])c1cnc(-c2[c-]cccc2)cc1C.[2H]C([2H])([2H])c1cnc(-c2[c-]cccc2)cc1C.[2H]C([2H])([2H])c1cnc(-c2[c-]cccc2)cc1C.[Ir].[Ir].[Ir].[Ir].